The number of nitrogens with zero attached hydrogens (tertiary/aromatic N) is 1. The number of rotatable bonds is 5. The molecule has 0 aromatic heterocycles. The number of aliphatic carboxylic acids is 1. The zero-order valence-electron chi connectivity index (χ0n) is 16.2. The van der Waals surface area contributed by atoms with E-state index in [1.807, 2.05) is 37.3 Å². The Morgan fingerprint density at radius 1 is 1.34 bits per heavy atom. The summed E-state index contributed by atoms with van der Waals surface area (Å²) in [4.78, 5) is 12.8. The van der Waals surface area contributed by atoms with E-state index in [1.54, 1.807) is 13.1 Å². The number of benzene rings is 2. The number of carboxylic acids is 1. The van der Waals surface area contributed by atoms with Crippen LogP contribution >= 0.6 is 11.6 Å². The molecule has 6 heteroatoms. The van der Waals surface area contributed by atoms with Gasteiger partial charge in [-0.3, -0.25) is 4.79 Å². The second-order valence-electron chi connectivity index (χ2n) is 7.56. The maximum absolute atomic E-state index is 13.7. The molecule has 4 atom stereocenters. The highest BCUT2D eigenvalue weighted by atomic mass is 35.5. The molecule has 4 unspecified atom stereocenters. The molecule has 29 heavy (non-hydrogen) atoms. The highest BCUT2D eigenvalue weighted by molar-refractivity contribution is 6.31. The van der Waals surface area contributed by atoms with Crippen LogP contribution in [0.3, 0.4) is 0 Å². The van der Waals surface area contributed by atoms with Crippen LogP contribution in [0.4, 0.5) is 4.39 Å². The van der Waals surface area contributed by atoms with Crippen LogP contribution in [-0.4, -0.2) is 17.1 Å². The fourth-order valence-electron chi connectivity index (χ4n) is 4.35. The summed E-state index contributed by atoms with van der Waals surface area (Å²) in [6.45, 7) is 3.77. The average molecular weight is 413 g/mol. The summed E-state index contributed by atoms with van der Waals surface area (Å²) >= 11 is 6.33. The zero-order chi connectivity index (χ0) is 21.2. The van der Waals surface area contributed by atoms with E-state index in [-0.39, 0.29) is 22.9 Å². The van der Waals surface area contributed by atoms with Crippen molar-refractivity contribution in [2.24, 2.45) is 5.41 Å². The van der Waals surface area contributed by atoms with Gasteiger partial charge in [-0.2, -0.15) is 5.26 Å². The Morgan fingerprint density at radius 2 is 2.03 bits per heavy atom. The lowest BCUT2D eigenvalue weighted by Crippen LogP contribution is -2.54. The van der Waals surface area contributed by atoms with Crippen LogP contribution in [0.2, 0.25) is 5.02 Å². The van der Waals surface area contributed by atoms with Crippen molar-refractivity contribution in [1.82, 2.24) is 5.32 Å². The standard InChI is InChI=1S/C23H22ClFN2O2/c1-14(16-6-4-3-5-7-16)11-23(22(28)29)15(2)27-13-17(12-26)21(23)19-9-8-18(25)10-20(19)24/h3-10,13-15,21,27H,11H2,1-2H3,(H,28,29). The molecule has 0 saturated carbocycles. The molecular formula is C23H22ClFN2O2. The topological polar surface area (TPSA) is 73.1 Å². The normalized spacial score (nSPS) is 24.7. The van der Waals surface area contributed by atoms with Gasteiger partial charge >= 0.3 is 5.97 Å². The van der Waals surface area contributed by atoms with E-state index in [9.17, 15) is 19.6 Å². The van der Waals surface area contributed by atoms with Gasteiger partial charge < -0.3 is 10.4 Å². The first-order valence-corrected chi connectivity index (χ1v) is 9.78. The van der Waals surface area contributed by atoms with Gasteiger partial charge in [0.1, 0.15) is 5.82 Å². The molecule has 0 spiro atoms. The van der Waals surface area contributed by atoms with Crippen molar-refractivity contribution in [2.75, 3.05) is 0 Å². The molecule has 0 amide bonds. The van der Waals surface area contributed by atoms with Crippen molar-refractivity contribution in [2.45, 2.75) is 38.1 Å². The van der Waals surface area contributed by atoms with Gasteiger partial charge in [-0.15, -0.1) is 0 Å². The molecule has 0 saturated heterocycles. The molecule has 4 nitrogen and oxygen atoms in total. The second kappa shape index (κ2) is 8.26. The smallest absolute Gasteiger partial charge is 0.312 e. The Balaban J connectivity index is 2.18. The van der Waals surface area contributed by atoms with Crippen molar-refractivity contribution in [3.63, 3.8) is 0 Å². The van der Waals surface area contributed by atoms with Crippen LogP contribution in [0.1, 0.15) is 43.2 Å². The van der Waals surface area contributed by atoms with Crippen molar-refractivity contribution in [3.05, 3.63) is 82.3 Å². The molecule has 2 aromatic rings. The lowest BCUT2D eigenvalue weighted by atomic mass is 9.59. The maximum Gasteiger partial charge on any atom is 0.312 e. The van der Waals surface area contributed by atoms with Gasteiger partial charge in [0.2, 0.25) is 0 Å². The number of hydrogen-bond donors (Lipinski definition) is 2. The predicted molar refractivity (Wildman–Crippen MR) is 110 cm³/mol. The summed E-state index contributed by atoms with van der Waals surface area (Å²) in [6, 6.07) is 15.2. The quantitative estimate of drug-likeness (QED) is 0.705. The van der Waals surface area contributed by atoms with Gasteiger partial charge in [-0.1, -0.05) is 54.9 Å². The van der Waals surface area contributed by atoms with Crippen LogP contribution in [0.15, 0.2) is 60.3 Å². The molecule has 0 bridgehead atoms. The van der Waals surface area contributed by atoms with Gasteiger partial charge in [-0.05, 0) is 42.5 Å². The minimum Gasteiger partial charge on any atom is -0.481 e. The molecule has 0 radical (unpaired) electrons. The van der Waals surface area contributed by atoms with Gasteiger partial charge in [-0.25, -0.2) is 4.39 Å². The highest BCUT2D eigenvalue weighted by Crippen LogP contribution is 2.52. The van der Waals surface area contributed by atoms with Gasteiger partial charge in [0, 0.05) is 23.2 Å². The van der Waals surface area contributed by atoms with Gasteiger partial charge in [0.25, 0.3) is 0 Å². The SMILES string of the molecule is CC(CC1(C(=O)O)C(C)NC=C(C#N)C1c1ccc(F)cc1Cl)c1ccccc1. The zero-order valence-corrected chi connectivity index (χ0v) is 16.9. The minimum atomic E-state index is -1.35. The lowest BCUT2D eigenvalue weighted by molar-refractivity contribution is -0.153. The first-order chi connectivity index (χ1) is 13.8. The highest BCUT2D eigenvalue weighted by Gasteiger charge is 2.55. The van der Waals surface area contributed by atoms with Crippen molar-refractivity contribution >= 4 is 17.6 Å². The molecule has 1 aliphatic heterocycles. The molecule has 2 aromatic carbocycles. The predicted octanol–water partition coefficient (Wildman–Crippen LogP) is 5.23. The third-order valence-corrected chi connectivity index (χ3v) is 6.23. The fraction of sp³-hybridized carbons (Fsp3) is 0.304. The van der Waals surface area contributed by atoms with E-state index in [1.165, 1.54) is 12.1 Å². The van der Waals surface area contributed by atoms with E-state index >= 15 is 0 Å². The Kier molecular flexibility index (Phi) is 5.95. The van der Waals surface area contributed by atoms with Crippen molar-refractivity contribution in [1.29, 1.82) is 5.26 Å². The number of nitriles is 1. The fourth-order valence-corrected chi connectivity index (χ4v) is 4.62. The molecule has 1 aliphatic rings. The maximum atomic E-state index is 13.7. The van der Waals surface area contributed by atoms with E-state index in [4.69, 9.17) is 11.6 Å². The Bertz CT molecular complexity index is 986. The largest absolute Gasteiger partial charge is 0.481 e. The molecule has 0 aliphatic carbocycles. The van der Waals surface area contributed by atoms with E-state index in [2.05, 4.69) is 11.4 Å². The first kappa shape index (κ1) is 20.9. The van der Waals surface area contributed by atoms with Crippen LogP contribution < -0.4 is 5.32 Å². The molecule has 150 valence electrons. The monoisotopic (exact) mass is 412 g/mol. The number of hydrogen-bond acceptors (Lipinski definition) is 3. The molecule has 2 N–H and O–H groups in total. The lowest BCUT2D eigenvalue weighted by Gasteiger charge is -2.46. The summed E-state index contributed by atoms with van der Waals surface area (Å²) in [5.74, 6) is -2.43. The Hall–Kier alpha value is -2.84. The number of allylic oxidation sites excluding steroid dienone is 1. The van der Waals surface area contributed by atoms with Gasteiger partial charge in [0.05, 0.1) is 17.1 Å². The molecular weight excluding hydrogens is 391 g/mol. The number of nitrogens with one attached hydrogen (secondary N) is 1. The average Bonchev–Trinajstić information content (AvgIpc) is 2.70. The molecule has 0 fully saturated rings. The number of halogens is 2. The van der Waals surface area contributed by atoms with Crippen LogP contribution in [-0.2, 0) is 4.79 Å². The van der Waals surface area contributed by atoms with E-state index in [0.717, 1.165) is 11.6 Å². The van der Waals surface area contributed by atoms with Crippen LogP contribution in [0, 0.1) is 22.6 Å². The second-order valence-corrected chi connectivity index (χ2v) is 7.97. The summed E-state index contributed by atoms with van der Waals surface area (Å²) in [7, 11) is 0. The Labute approximate surface area is 174 Å². The number of carbonyl (C=O) groups is 1. The minimum absolute atomic E-state index is 0.0867. The summed E-state index contributed by atoms with van der Waals surface area (Å²) in [6.07, 6.45) is 1.82. The van der Waals surface area contributed by atoms with E-state index in [0.29, 0.717) is 5.56 Å². The summed E-state index contributed by atoms with van der Waals surface area (Å²) < 4.78 is 13.7. The first-order valence-electron chi connectivity index (χ1n) is 9.40. The van der Waals surface area contributed by atoms with Crippen LogP contribution in [0.5, 0.6) is 0 Å². The summed E-state index contributed by atoms with van der Waals surface area (Å²) in [5.41, 5.74) is 0.366. The Morgan fingerprint density at radius 3 is 2.62 bits per heavy atom. The van der Waals surface area contributed by atoms with Crippen LogP contribution in [0.25, 0.3) is 0 Å². The number of carboxylic acid groups (broad SMARTS) is 1. The van der Waals surface area contributed by atoms with E-state index < -0.39 is 29.2 Å². The van der Waals surface area contributed by atoms with Crippen molar-refractivity contribution < 1.29 is 14.3 Å². The summed E-state index contributed by atoms with van der Waals surface area (Å²) in [5, 5.41) is 23.4. The third kappa shape index (κ3) is 3.73. The molecule has 1 heterocycles. The third-order valence-electron chi connectivity index (χ3n) is 5.90. The molecule has 3 rings (SSSR count). The van der Waals surface area contributed by atoms with Crippen molar-refractivity contribution in [3.8, 4) is 6.07 Å². The van der Waals surface area contributed by atoms with Gasteiger partial charge in [0.15, 0.2) is 0 Å².